The molecule has 0 amide bonds. The van der Waals surface area contributed by atoms with Crippen molar-refractivity contribution in [3.8, 4) is 6.07 Å². The van der Waals surface area contributed by atoms with E-state index >= 15 is 0 Å². The van der Waals surface area contributed by atoms with Crippen molar-refractivity contribution in [2.24, 2.45) is 0 Å². The zero-order valence-corrected chi connectivity index (χ0v) is 17.6. The molecule has 152 valence electrons. The van der Waals surface area contributed by atoms with E-state index in [2.05, 4.69) is 31.1 Å². The van der Waals surface area contributed by atoms with Gasteiger partial charge in [0.05, 0.1) is 35.7 Å². The number of hydrogen-bond donors (Lipinski definition) is 2. The summed E-state index contributed by atoms with van der Waals surface area (Å²) in [4.78, 5) is 18.7. The number of halogens is 1. The standard InChI is InChI=1S/C22H19BrN4O3/c23-16-4-5-18-17(10-16)21(15(12-25-18)13-27-6-8-30-9-7-27)26-19-3-1-2-14(11-24)20(19)22(28)29/h1-5,10,12H,6-9,13H2,(H,25,26)(H,28,29). The molecule has 0 radical (unpaired) electrons. The molecule has 0 spiro atoms. The van der Waals surface area contributed by atoms with Crippen LogP contribution in [0.1, 0.15) is 21.5 Å². The molecule has 0 aliphatic carbocycles. The van der Waals surface area contributed by atoms with Gasteiger partial charge in [0.15, 0.2) is 0 Å². The van der Waals surface area contributed by atoms with Gasteiger partial charge in [0, 0.05) is 41.3 Å². The van der Waals surface area contributed by atoms with E-state index in [0.29, 0.717) is 25.4 Å². The third-order valence-corrected chi connectivity index (χ3v) is 5.56. The van der Waals surface area contributed by atoms with Crippen LogP contribution in [0, 0.1) is 11.3 Å². The number of pyridine rings is 1. The SMILES string of the molecule is N#Cc1cccc(Nc2c(CN3CCOCC3)cnc3ccc(Br)cc23)c1C(=O)O. The number of fused-ring (bicyclic) bond motifs is 1. The van der Waals surface area contributed by atoms with Crippen LogP contribution in [0.2, 0.25) is 0 Å². The van der Waals surface area contributed by atoms with Gasteiger partial charge in [-0.2, -0.15) is 5.26 Å². The highest BCUT2D eigenvalue weighted by atomic mass is 79.9. The highest BCUT2D eigenvalue weighted by molar-refractivity contribution is 9.10. The van der Waals surface area contributed by atoms with E-state index in [1.807, 2.05) is 30.5 Å². The maximum atomic E-state index is 11.9. The summed E-state index contributed by atoms with van der Waals surface area (Å²) in [5.74, 6) is -1.15. The maximum Gasteiger partial charge on any atom is 0.339 e. The fraction of sp³-hybridized carbons (Fsp3) is 0.227. The summed E-state index contributed by atoms with van der Waals surface area (Å²) in [5, 5.41) is 23.2. The predicted octanol–water partition coefficient (Wildman–Crippen LogP) is 4.14. The van der Waals surface area contributed by atoms with Crippen molar-refractivity contribution in [3.63, 3.8) is 0 Å². The molecule has 1 aliphatic heterocycles. The second kappa shape index (κ2) is 8.79. The molecule has 1 fully saturated rings. The Kier molecular flexibility index (Phi) is 5.95. The van der Waals surface area contributed by atoms with Crippen LogP contribution < -0.4 is 5.32 Å². The fourth-order valence-corrected chi connectivity index (χ4v) is 3.95. The first-order chi connectivity index (χ1) is 14.6. The number of morpholine rings is 1. The lowest BCUT2D eigenvalue weighted by atomic mass is 10.0. The normalized spacial score (nSPS) is 14.4. The van der Waals surface area contributed by atoms with E-state index in [4.69, 9.17) is 4.74 Å². The largest absolute Gasteiger partial charge is 0.478 e. The van der Waals surface area contributed by atoms with E-state index in [-0.39, 0.29) is 11.1 Å². The van der Waals surface area contributed by atoms with Crippen molar-refractivity contribution in [2.75, 3.05) is 31.6 Å². The van der Waals surface area contributed by atoms with Crippen molar-refractivity contribution >= 4 is 44.2 Å². The molecule has 0 unspecified atom stereocenters. The molecule has 1 aliphatic rings. The number of carboxylic acids is 1. The van der Waals surface area contributed by atoms with Crippen molar-refractivity contribution in [2.45, 2.75) is 6.54 Å². The van der Waals surface area contributed by atoms with E-state index in [9.17, 15) is 15.2 Å². The minimum atomic E-state index is -1.15. The number of nitrogens with zero attached hydrogens (tertiary/aromatic N) is 3. The molecule has 8 heteroatoms. The summed E-state index contributed by atoms with van der Waals surface area (Å²) >= 11 is 3.52. The summed E-state index contributed by atoms with van der Waals surface area (Å²) in [6.07, 6.45) is 1.82. The number of benzene rings is 2. The number of rotatable bonds is 5. The predicted molar refractivity (Wildman–Crippen MR) is 117 cm³/mol. The number of ether oxygens (including phenoxy) is 1. The average Bonchev–Trinajstić information content (AvgIpc) is 2.75. The second-order valence-electron chi connectivity index (χ2n) is 6.98. The number of aromatic carboxylic acids is 1. The van der Waals surface area contributed by atoms with Crippen molar-refractivity contribution < 1.29 is 14.6 Å². The number of carboxylic acid groups (broad SMARTS) is 1. The zero-order chi connectivity index (χ0) is 21.1. The molecule has 0 atom stereocenters. The summed E-state index contributed by atoms with van der Waals surface area (Å²) in [7, 11) is 0. The molecule has 3 aromatic rings. The lowest BCUT2D eigenvalue weighted by molar-refractivity contribution is 0.0342. The van der Waals surface area contributed by atoms with E-state index in [1.54, 1.807) is 12.1 Å². The van der Waals surface area contributed by atoms with Crippen LogP contribution in [-0.4, -0.2) is 47.3 Å². The molecule has 1 aromatic heterocycles. The number of carbonyl (C=O) groups is 1. The topological polar surface area (TPSA) is 98.5 Å². The van der Waals surface area contributed by atoms with Crippen molar-refractivity contribution in [1.29, 1.82) is 5.26 Å². The molecule has 2 N–H and O–H groups in total. The Labute approximate surface area is 182 Å². The van der Waals surface area contributed by atoms with Crippen LogP contribution >= 0.6 is 15.9 Å². The molecule has 7 nitrogen and oxygen atoms in total. The molecule has 4 rings (SSSR count). The quantitative estimate of drug-likeness (QED) is 0.582. The maximum absolute atomic E-state index is 11.9. The molecule has 1 saturated heterocycles. The Morgan fingerprint density at radius 2 is 2.10 bits per heavy atom. The van der Waals surface area contributed by atoms with Gasteiger partial charge in [-0.15, -0.1) is 0 Å². The lowest BCUT2D eigenvalue weighted by Gasteiger charge is -2.28. The molecule has 30 heavy (non-hydrogen) atoms. The minimum Gasteiger partial charge on any atom is -0.478 e. The third kappa shape index (κ3) is 4.14. The lowest BCUT2D eigenvalue weighted by Crippen LogP contribution is -2.35. The number of nitrogens with one attached hydrogen (secondary N) is 1. The summed E-state index contributed by atoms with van der Waals surface area (Å²) in [5.41, 5.74) is 2.96. The first-order valence-corrected chi connectivity index (χ1v) is 10.3. The summed E-state index contributed by atoms with van der Waals surface area (Å²) in [6.45, 7) is 3.66. The first kappa shape index (κ1) is 20.3. The molecule has 2 aromatic carbocycles. The Balaban J connectivity index is 1.84. The summed E-state index contributed by atoms with van der Waals surface area (Å²) in [6, 6.07) is 12.6. The van der Waals surface area contributed by atoms with Gasteiger partial charge >= 0.3 is 5.97 Å². The third-order valence-electron chi connectivity index (χ3n) is 5.06. The molecular formula is C22H19BrN4O3. The van der Waals surface area contributed by atoms with E-state index in [1.165, 1.54) is 6.07 Å². The molecule has 2 heterocycles. The van der Waals surface area contributed by atoms with E-state index < -0.39 is 5.97 Å². The van der Waals surface area contributed by atoms with Crippen molar-refractivity contribution in [3.05, 3.63) is 63.8 Å². The Bertz CT molecular complexity index is 1150. The van der Waals surface area contributed by atoms with Gasteiger partial charge in [-0.05, 0) is 30.3 Å². The monoisotopic (exact) mass is 466 g/mol. The Hall–Kier alpha value is -2.99. The van der Waals surface area contributed by atoms with Gasteiger partial charge in [0.25, 0.3) is 0 Å². The van der Waals surface area contributed by atoms with Crippen LogP contribution in [0.3, 0.4) is 0 Å². The number of anilines is 2. The number of nitriles is 1. The first-order valence-electron chi connectivity index (χ1n) is 9.47. The zero-order valence-electron chi connectivity index (χ0n) is 16.1. The smallest absolute Gasteiger partial charge is 0.339 e. The van der Waals surface area contributed by atoms with Gasteiger partial charge in [-0.3, -0.25) is 9.88 Å². The van der Waals surface area contributed by atoms with E-state index in [0.717, 1.165) is 39.7 Å². The van der Waals surface area contributed by atoms with Crippen LogP contribution in [0.15, 0.2) is 47.1 Å². The molecule has 0 bridgehead atoms. The Morgan fingerprint density at radius 1 is 1.30 bits per heavy atom. The fourth-order valence-electron chi connectivity index (χ4n) is 3.59. The molecule has 0 saturated carbocycles. The summed E-state index contributed by atoms with van der Waals surface area (Å²) < 4.78 is 6.34. The van der Waals surface area contributed by atoms with Gasteiger partial charge in [-0.1, -0.05) is 22.0 Å². The van der Waals surface area contributed by atoms with Crippen LogP contribution in [0.25, 0.3) is 10.9 Å². The highest BCUT2D eigenvalue weighted by Gasteiger charge is 2.20. The second-order valence-corrected chi connectivity index (χ2v) is 7.89. The van der Waals surface area contributed by atoms with Gasteiger partial charge in [-0.25, -0.2) is 4.79 Å². The van der Waals surface area contributed by atoms with Gasteiger partial charge in [0.1, 0.15) is 11.6 Å². The van der Waals surface area contributed by atoms with Gasteiger partial charge in [0.2, 0.25) is 0 Å². The minimum absolute atomic E-state index is 0.0442. The van der Waals surface area contributed by atoms with Gasteiger partial charge < -0.3 is 15.2 Å². The van der Waals surface area contributed by atoms with Crippen LogP contribution in [0.4, 0.5) is 11.4 Å². The number of aromatic nitrogens is 1. The Morgan fingerprint density at radius 3 is 2.83 bits per heavy atom. The van der Waals surface area contributed by atoms with Crippen molar-refractivity contribution in [1.82, 2.24) is 9.88 Å². The average molecular weight is 467 g/mol. The number of hydrogen-bond acceptors (Lipinski definition) is 6. The van der Waals surface area contributed by atoms with Crippen LogP contribution in [-0.2, 0) is 11.3 Å². The van der Waals surface area contributed by atoms with Crippen LogP contribution in [0.5, 0.6) is 0 Å². The highest BCUT2D eigenvalue weighted by Crippen LogP contribution is 2.33. The molecular weight excluding hydrogens is 448 g/mol.